The monoisotopic (exact) mass is 355 g/mol. The van der Waals surface area contributed by atoms with E-state index in [4.69, 9.17) is 0 Å². The van der Waals surface area contributed by atoms with Gasteiger partial charge < -0.3 is 10.2 Å². The van der Waals surface area contributed by atoms with Crippen LogP contribution >= 0.6 is 0 Å². The summed E-state index contributed by atoms with van der Waals surface area (Å²) in [6.45, 7) is 7.71. The number of likely N-dealkylation sites (tertiary alicyclic amines) is 1. The molecule has 0 radical (unpaired) electrons. The molecule has 0 aliphatic carbocycles. The summed E-state index contributed by atoms with van der Waals surface area (Å²) in [4.78, 5) is 34.6. The fourth-order valence-electron chi connectivity index (χ4n) is 3.41. The third-order valence-electron chi connectivity index (χ3n) is 4.58. The van der Waals surface area contributed by atoms with Gasteiger partial charge in [0.25, 0.3) is 5.91 Å². The van der Waals surface area contributed by atoms with E-state index in [1.54, 1.807) is 42.3 Å². The maximum Gasteiger partial charge on any atom is 0.274 e. The van der Waals surface area contributed by atoms with Crippen LogP contribution in [0, 0.1) is 11.8 Å². The van der Waals surface area contributed by atoms with Crippen LogP contribution in [0.15, 0.2) is 30.9 Å². The summed E-state index contributed by atoms with van der Waals surface area (Å²) in [5.74, 6) is 1.58. The van der Waals surface area contributed by atoms with Gasteiger partial charge in [0.1, 0.15) is 17.8 Å². The number of hydrogen-bond donors (Lipinski definition) is 1. The Morgan fingerprint density at radius 3 is 2.54 bits per heavy atom. The minimum absolute atomic E-state index is 0.0334. The van der Waals surface area contributed by atoms with Crippen molar-refractivity contribution in [1.29, 1.82) is 0 Å². The molecular formula is C19H25N5O2. The number of pyridine rings is 1. The third-order valence-corrected chi connectivity index (χ3v) is 4.58. The summed E-state index contributed by atoms with van der Waals surface area (Å²) < 4.78 is 1.72. The SMILES string of the molecule is CCC(=O)Nc1ccc(-n2cnc(C(=O)N3C[C@@H](C)C[C@H](C)C3)c2)nc1. The molecule has 1 saturated heterocycles. The fraction of sp³-hybridized carbons (Fsp3) is 0.474. The van der Waals surface area contributed by atoms with Crippen LogP contribution in [0.5, 0.6) is 0 Å². The van der Waals surface area contributed by atoms with E-state index in [0.717, 1.165) is 19.5 Å². The Bertz CT molecular complexity index is 773. The summed E-state index contributed by atoms with van der Waals surface area (Å²) in [5, 5.41) is 2.76. The van der Waals surface area contributed by atoms with Crippen LogP contribution < -0.4 is 5.32 Å². The molecule has 2 aromatic rings. The summed E-state index contributed by atoms with van der Waals surface area (Å²) in [5.41, 5.74) is 1.07. The molecule has 26 heavy (non-hydrogen) atoms. The van der Waals surface area contributed by atoms with Gasteiger partial charge in [-0.05, 0) is 30.4 Å². The number of amides is 2. The molecule has 0 aromatic carbocycles. The van der Waals surface area contributed by atoms with Crippen molar-refractivity contribution in [3.05, 3.63) is 36.5 Å². The maximum atomic E-state index is 12.7. The first kappa shape index (κ1) is 18.1. The molecule has 7 nitrogen and oxygen atoms in total. The highest BCUT2D eigenvalue weighted by molar-refractivity contribution is 5.92. The number of anilines is 1. The van der Waals surface area contributed by atoms with Gasteiger partial charge in [-0.15, -0.1) is 0 Å². The highest BCUT2D eigenvalue weighted by atomic mass is 16.2. The Kier molecular flexibility index (Phi) is 5.35. The Morgan fingerprint density at radius 2 is 1.92 bits per heavy atom. The molecule has 0 spiro atoms. The second-order valence-electron chi connectivity index (χ2n) is 7.13. The van der Waals surface area contributed by atoms with Crippen LogP contribution in [0.1, 0.15) is 44.1 Å². The van der Waals surface area contributed by atoms with Crippen LogP contribution in [0.25, 0.3) is 5.82 Å². The normalized spacial score (nSPS) is 20.0. The van der Waals surface area contributed by atoms with Crippen LogP contribution in [0.4, 0.5) is 5.69 Å². The first-order valence-corrected chi connectivity index (χ1v) is 9.05. The van der Waals surface area contributed by atoms with Crippen molar-refractivity contribution in [2.24, 2.45) is 11.8 Å². The number of carbonyl (C=O) groups excluding carboxylic acids is 2. The Labute approximate surface area is 153 Å². The van der Waals surface area contributed by atoms with Gasteiger partial charge >= 0.3 is 0 Å². The molecule has 0 unspecified atom stereocenters. The average Bonchev–Trinajstić information content (AvgIpc) is 3.10. The smallest absolute Gasteiger partial charge is 0.274 e. The first-order chi connectivity index (χ1) is 12.5. The zero-order chi connectivity index (χ0) is 18.7. The lowest BCUT2D eigenvalue weighted by atomic mass is 9.92. The van der Waals surface area contributed by atoms with Crippen LogP contribution in [0.2, 0.25) is 0 Å². The minimum Gasteiger partial charge on any atom is -0.337 e. The highest BCUT2D eigenvalue weighted by Crippen LogP contribution is 2.22. The lowest BCUT2D eigenvalue weighted by Gasteiger charge is -2.34. The Morgan fingerprint density at radius 1 is 1.19 bits per heavy atom. The second kappa shape index (κ2) is 7.68. The molecule has 0 saturated carbocycles. The standard InChI is InChI=1S/C19H25N5O2/c1-4-18(25)22-15-5-6-17(20-8-15)24-11-16(21-12-24)19(26)23-9-13(2)7-14(3)10-23/h5-6,8,11-14H,4,7,9-10H2,1-3H3,(H,22,25)/t13-,14-/m0/s1. The lowest BCUT2D eigenvalue weighted by Crippen LogP contribution is -2.42. The Hall–Kier alpha value is -2.70. The molecule has 0 bridgehead atoms. The summed E-state index contributed by atoms with van der Waals surface area (Å²) >= 11 is 0. The van der Waals surface area contributed by atoms with Gasteiger partial charge in [-0.25, -0.2) is 9.97 Å². The molecule has 3 rings (SSSR count). The highest BCUT2D eigenvalue weighted by Gasteiger charge is 2.27. The van der Waals surface area contributed by atoms with Gasteiger partial charge in [0.15, 0.2) is 0 Å². The number of piperidine rings is 1. The number of nitrogens with zero attached hydrogens (tertiary/aromatic N) is 4. The van der Waals surface area contributed by atoms with Crippen molar-refractivity contribution in [3.8, 4) is 5.82 Å². The molecule has 138 valence electrons. The van der Waals surface area contributed by atoms with Crippen molar-refractivity contribution >= 4 is 17.5 Å². The molecule has 1 fully saturated rings. The Balaban J connectivity index is 1.71. The number of nitrogens with one attached hydrogen (secondary N) is 1. The molecule has 7 heteroatoms. The van der Waals surface area contributed by atoms with E-state index in [9.17, 15) is 9.59 Å². The number of imidazole rings is 1. The van der Waals surface area contributed by atoms with Crippen molar-refractivity contribution in [2.45, 2.75) is 33.6 Å². The number of aromatic nitrogens is 3. The van der Waals surface area contributed by atoms with E-state index in [1.165, 1.54) is 0 Å². The topological polar surface area (TPSA) is 80.1 Å². The van der Waals surface area contributed by atoms with Crippen molar-refractivity contribution in [3.63, 3.8) is 0 Å². The van der Waals surface area contributed by atoms with E-state index in [0.29, 0.717) is 35.5 Å². The average molecular weight is 355 g/mol. The predicted octanol–water partition coefficient (Wildman–Crippen LogP) is 2.73. The second-order valence-corrected chi connectivity index (χ2v) is 7.13. The molecule has 2 aromatic heterocycles. The van der Waals surface area contributed by atoms with Gasteiger partial charge in [0.2, 0.25) is 5.91 Å². The van der Waals surface area contributed by atoms with Gasteiger partial charge in [-0.2, -0.15) is 0 Å². The van der Waals surface area contributed by atoms with E-state index in [-0.39, 0.29) is 11.8 Å². The first-order valence-electron chi connectivity index (χ1n) is 9.05. The van der Waals surface area contributed by atoms with Crippen molar-refractivity contribution < 1.29 is 9.59 Å². The van der Waals surface area contributed by atoms with E-state index in [2.05, 4.69) is 29.1 Å². The third kappa shape index (κ3) is 4.09. The minimum atomic E-state index is -0.0555. The van der Waals surface area contributed by atoms with Gasteiger partial charge in [-0.1, -0.05) is 20.8 Å². The molecule has 3 heterocycles. The molecule has 1 N–H and O–H groups in total. The van der Waals surface area contributed by atoms with Crippen LogP contribution in [0.3, 0.4) is 0 Å². The number of hydrogen-bond acceptors (Lipinski definition) is 4. The summed E-state index contributed by atoms with van der Waals surface area (Å²) in [7, 11) is 0. The number of carbonyl (C=O) groups is 2. The van der Waals surface area contributed by atoms with Crippen molar-refractivity contribution in [2.75, 3.05) is 18.4 Å². The molecule has 1 aliphatic heterocycles. The van der Waals surface area contributed by atoms with E-state index < -0.39 is 0 Å². The summed E-state index contributed by atoms with van der Waals surface area (Å²) in [6, 6.07) is 3.57. The van der Waals surface area contributed by atoms with Gasteiger partial charge in [0, 0.05) is 25.7 Å². The molecule has 1 aliphatic rings. The van der Waals surface area contributed by atoms with Gasteiger partial charge in [0.05, 0.1) is 11.9 Å². The molecule has 2 atom stereocenters. The zero-order valence-corrected chi connectivity index (χ0v) is 15.5. The fourth-order valence-corrected chi connectivity index (χ4v) is 3.41. The van der Waals surface area contributed by atoms with Gasteiger partial charge in [-0.3, -0.25) is 14.2 Å². The quantitative estimate of drug-likeness (QED) is 0.914. The maximum absolute atomic E-state index is 12.7. The van der Waals surface area contributed by atoms with E-state index in [1.807, 2.05) is 4.90 Å². The van der Waals surface area contributed by atoms with Crippen molar-refractivity contribution in [1.82, 2.24) is 19.4 Å². The lowest BCUT2D eigenvalue weighted by molar-refractivity contribution is -0.115. The molecule has 2 amide bonds. The zero-order valence-electron chi connectivity index (χ0n) is 15.5. The van der Waals surface area contributed by atoms with Crippen LogP contribution in [-0.4, -0.2) is 44.3 Å². The number of rotatable bonds is 4. The van der Waals surface area contributed by atoms with Crippen LogP contribution in [-0.2, 0) is 4.79 Å². The van der Waals surface area contributed by atoms with E-state index >= 15 is 0 Å². The largest absolute Gasteiger partial charge is 0.337 e. The summed E-state index contributed by atoms with van der Waals surface area (Å²) in [6.07, 6.45) is 6.47. The molecular weight excluding hydrogens is 330 g/mol. The predicted molar refractivity (Wildman–Crippen MR) is 99.1 cm³/mol.